The van der Waals surface area contributed by atoms with Crippen LogP contribution in [0, 0.1) is 5.82 Å². The van der Waals surface area contributed by atoms with E-state index in [-0.39, 0.29) is 17.3 Å². The Morgan fingerprint density at radius 3 is 2.45 bits per heavy atom. The number of benzene rings is 1. The van der Waals surface area contributed by atoms with Crippen LogP contribution in [-0.2, 0) is 5.41 Å². The van der Waals surface area contributed by atoms with Crippen LogP contribution in [0.2, 0.25) is 0 Å². The molecule has 0 saturated carbocycles. The molecule has 1 heterocycles. The summed E-state index contributed by atoms with van der Waals surface area (Å²) in [6.45, 7) is 8.97. The maximum absolute atomic E-state index is 14.0. The fourth-order valence-corrected chi connectivity index (χ4v) is 2.93. The van der Waals surface area contributed by atoms with Crippen LogP contribution in [0.4, 0.5) is 4.39 Å². The van der Waals surface area contributed by atoms with Crippen LogP contribution in [0.1, 0.15) is 52.4 Å². The van der Waals surface area contributed by atoms with Gasteiger partial charge in [0, 0.05) is 18.0 Å². The standard InChI is InChI=1S/C16H24FN3/c1-5-16(6-2,10-18)15-19-14-12(17)8-7-9-13(14)20(15)11(3)4/h7-9,11H,5-6,10,18H2,1-4H3. The molecule has 3 nitrogen and oxygen atoms in total. The van der Waals surface area contributed by atoms with Crippen molar-refractivity contribution in [3.8, 4) is 0 Å². The van der Waals surface area contributed by atoms with E-state index in [2.05, 4.69) is 37.2 Å². The molecule has 0 spiro atoms. The summed E-state index contributed by atoms with van der Waals surface area (Å²) < 4.78 is 16.2. The third-order valence-electron chi connectivity index (χ3n) is 4.41. The number of nitrogens with zero attached hydrogens (tertiary/aromatic N) is 2. The van der Waals surface area contributed by atoms with Crippen molar-refractivity contribution in [3.63, 3.8) is 0 Å². The molecule has 0 amide bonds. The van der Waals surface area contributed by atoms with E-state index in [0.29, 0.717) is 12.1 Å². The largest absolute Gasteiger partial charge is 0.329 e. The molecule has 110 valence electrons. The number of hydrogen-bond donors (Lipinski definition) is 1. The number of rotatable bonds is 5. The number of nitrogens with two attached hydrogens (primary N) is 1. The molecule has 20 heavy (non-hydrogen) atoms. The van der Waals surface area contributed by atoms with E-state index in [4.69, 9.17) is 5.73 Å². The highest BCUT2D eigenvalue weighted by molar-refractivity contribution is 5.77. The molecule has 4 heteroatoms. The van der Waals surface area contributed by atoms with Gasteiger partial charge in [-0.25, -0.2) is 9.37 Å². The second-order valence-electron chi connectivity index (χ2n) is 5.70. The second kappa shape index (κ2) is 5.52. The maximum atomic E-state index is 14.0. The first kappa shape index (κ1) is 15.0. The molecule has 0 fully saturated rings. The lowest BCUT2D eigenvalue weighted by Gasteiger charge is -2.31. The fourth-order valence-electron chi connectivity index (χ4n) is 2.93. The van der Waals surface area contributed by atoms with E-state index in [1.54, 1.807) is 6.07 Å². The van der Waals surface area contributed by atoms with Gasteiger partial charge in [0.25, 0.3) is 0 Å². The van der Waals surface area contributed by atoms with Crippen LogP contribution in [0.25, 0.3) is 11.0 Å². The van der Waals surface area contributed by atoms with Gasteiger partial charge >= 0.3 is 0 Å². The lowest BCUT2D eigenvalue weighted by atomic mass is 9.81. The van der Waals surface area contributed by atoms with Crippen LogP contribution in [0.5, 0.6) is 0 Å². The molecule has 0 aliphatic heterocycles. The van der Waals surface area contributed by atoms with Crippen LogP contribution in [-0.4, -0.2) is 16.1 Å². The topological polar surface area (TPSA) is 43.8 Å². The van der Waals surface area contributed by atoms with Gasteiger partial charge in [-0.05, 0) is 38.8 Å². The van der Waals surface area contributed by atoms with Gasteiger partial charge in [-0.15, -0.1) is 0 Å². The van der Waals surface area contributed by atoms with E-state index in [0.717, 1.165) is 24.2 Å². The van der Waals surface area contributed by atoms with Crippen molar-refractivity contribution in [1.82, 2.24) is 9.55 Å². The van der Waals surface area contributed by atoms with Crippen molar-refractivity contribution in [2.24, 2.45) is 5.73 Å². The average molecular weight is 277 g/mol. The normalized spacial score (nSPS) is 12.6. The quantitative estimate of drug-likeness (QED) is 0.904. The van der Waals surface area contributed by atoms with Crippen molar-refractivity contribution in [2.45, 2.75) is 52.0 Å². The third kappa shape index (κ3) is 2.12. The van der Waals surface area contributed by atoms with Gasteiger partial charge < -0.3 is 10.3 Å². The predicted octanol–water partition coefficient (Wildman–Crippen LogP) is 3.77. The first-order valence-corrected chi connectivity index (χ1v) is 7.37. The minimum absolute atomic E-state index is 0.185. The van der Waals surface area contributed by atoms with E-state index >= 15 is 0 Å². The van der Waals surface area contributed by atoms with Crippen LogP contribution < -0.4 is 5.73 Å². The second-order valence-corrected chi connectivity index (χ2v) is 5.70. The number of aromatic nitrogens is 2. The van der Waals surface area contributed by atoms with Gasteiger partial charge in [-0.1, -0.05) is 19.9 Å². The summed E-state index contributed by atoms with van der Waals surface area (Å²) in [5.41, 5.74) is 7.17. The number of imidazole rings is 1. The van der Waals surface area contributed by atoms with E-state index in [9.17, 15) is 4.39 Å². The monoisotopic (exact) mass is 277 g/mol. The Balaban J connectivity index is 2.81. The minimum atomic E-state index is -0.263. The highest BCUT2D eigenvalue weighted by Gasteiger charge is 2.33. The van der Waals surface area contributed by atoms with Gasteiger partial charge in [-0.2, -0.15) is 0 Å². The Morgan fingerprint density at radius 2 is 1.95 bits per heavy atom. The number of fused-ring (bicyclic) bond motifs is 1. The van der Waals surface area contributed by atoms with Crippen LogP contribution in [0.15, 0.2) is 18.2 Å². The van der Waals surface area contributed by atoms with E-state index in [1.807, 2.05) is 6.07 Å². The number of halogens is 1. The molecule has 2 N–H and O–H groups in total. The summed E-state index contributed by atoms with van der Waals surface area (Å²) >= 11 is 0. The predicted molar refractivity (Wildman–Crippen MR) is 81.4 cm³/mol. The van der Waals surface area contributed by atoms with Crippen molar-refractivity contribution in [2.75, 3.05) is 6.54 Å². The van der Waals surface area contributed by atoms with Crippen molar-refractivity contribution in [3.05, 3.63) is 29.8 Å². The van der Waals surface area contributed by atoms with Gasteiger partial charge in [0.1, 0.15) is 11.3 Å². The Hall–Kier alpha value is -1.42. The first-order chi connectivity index (χ1) is 9.50. The highest BCUT2D eigenvalue weighted by atomic mass is 19.1. The minimum Gasteiger partial charge on any atom is -0.329 e. The summed E-state index contributed by atoms with van der Waals surface area (Å²) in [7, 11) is 0. The zero-order chi connectivity index (χ0) is 14.9. The van der Waals surface area contributed by atoms with Gasteiger partial charge in [0.15, 0.2) is 5.82 Å². The molecule has 0 atom stereocenters. The third-order valence-corrected chi connectivity index (χ3v) is 4.41. The van der Waals surface area contributed by atoms with E-state index < -0.39 is 0 Å². The van der Waals surface area contributed by atoms with Gasteiger partial charge in [0.2, 0.25) is 0 Å². The molecule has 0 bridgehead atoms. The van der Waals surface area contributed by atoms with Gasteiger partial charge in [-0.3, -0.25) is 0 Å². The smallest absolute Gasteiger partial charge is 0.151 e. The fraction of sp³-hybridized carbons (Fsp3) is 0.562. The molecule has 1 aromatic carbocycles. The van der Waals surface area contributed by atoms with Crippen LogP contribution >= 0.6 is 0 Å². The molecule has 2 aromatic rings. The molecule has 0 unspecified atom stereocenters. The molecule has 2 rings (SSSR count). The first-order valence-electron chi connectivity index (χ1n) is 7.37. The Morgan fingerprint density at radius 1 is 1.30 bits per heavy atom. The van der Waals surface area contributed by atoms with Gasteiger partial charge in [0.05, 0.1) is 5.52 Å². The summed E-state index contributed by atoms with van der Waals surface area (Å²) in [6, 6.07) is 5.36. The van der Waals surface area contributed by atoms with Crippen LogP contribution in [0.3, 0.4) is 0 Å². The van der Waals surface area contributed by atoms with Crippen molar-refractivity contribution >= 4 is 11.0 Å². The molecule has 1 aromatic heterocycles. The Bertz CT molecular complexity index is 589. The van der Waals surface area contributed by atoms with E-state index in [1.165, 1.54) is 6.07 Å². The number of para-hydroxylation sites is 1. The summed E-state index contributed by atoms with van der Waals surface area (Å²) in [4.78, 5) is 4.63. The van der Waals surface area contributed by atoms with Crippen molar-refractivity contribution in [1.29, 1.82) is 0 Å². The lowest BCUT2D eigenvalue weighted by Crippen LogP contribution is -2.37. The highest BCUT2D eigenvalue weighted by Crippen LogP contribution is 2.35. The SMILES string of the molecule is CCC(CC)(CN)c1nc2c(F)cccc2n1C(C)C. The molecule has 0 saturated heterocycles. The zero-order valence-electron chi connectivity index (χ0n) is 12.8. The maximum Gasteiger partial charge on any atom is 0.151 e. The summed E-state index contributed by atoms with van der Waals surface area (Å²) in [5, 5.41) is 0. The zero-order valence-corrected chi connectivity index (χ0v) is 12.8. The van der Waals surface area contributed by atoms with Crippen molar-refractivity contribution < 1.29 is 4.39 Å². The Kier molecular flexibility index (Phi) is 4.14. The average Bonchev–Trinajstić information content (AvgIpc) is 2.83. The number of hydrogen-bond acceptors (Lipinski definition) is 2. The summed E-state index contributed by atoms with van der Waals surface area (Å²) in [5.74, 6) is 0.654. The molecular formula is C16H24FN3. The lowest BCUT2D eigenvalue weighted by molar-refractivity contribution is 0.359. The molecule has 0 radical (unpaired) electrons. The summed E-state index contributed by atoms with van der Waals surface area (Å²) in [6.07, 6.45) is 1.80. The molecule has 0 aliphatic rings. The molecule has 0 aliphatic carbocycles. The Labute approximate surface area is 120 Å². The molecular weight excluding hydrogens is 253 g/mol.